The Labute approximate surface area is 105 Å². The molecular formula is C12H15N5O. The molecule has 1 amide bonds. The number of aromatic nitrogens is 3. The summed E-state index contributed by atoms with van der Waals surface area (Å²) in [4.78, 5) is 15.3. The van der Waals surface area contributed by atoms with E-state index in [2.05, 4.69) is 15.4 Å². The standard InChI is InChI=1S/C12H15N5O/c1-17-8-9(7-16-17)4-6-15-12-10(11(13)18)3-2-5-14-12/h2-3,5,7-8H,4,6H2,1H3,(H2,13,18)(H,14,15). The van der Waals surface area contributed by atoms with Crippen molar-refractivity contribution in [1.29, 1.82) is 0 Å². The number of anilines is 1. The van der Waals surface area contributed by atoms with Gasteiger partial charge in [0.25, 0.3) is 5.91 Å². The van der Waals surface area contributed by atoms with Gasteiger partial charge in [0, 0.05) is 26.0 Å². The Morgan fingerprint density at radius 2 is 2.39 bits per heavy atom. The normalized spacial score (nSPS) is 10.3. The van der Waals surface area contributed by atoms with Gasteiger partial charge in [-0.1, -0.05) is 0 Å². The van der Waals surface area contributed by atoms with Crippen LogP contribution in [0, 0.1) is 0 Å². The first-order chi connectivity index (χ1) is 8.66. The van der Waals surface area contributed by atoms with Gasteiger partial charge in [-0.25, -0.2) is 4.98 Å². The van der Waals surface area contributed by atoms with Crippen molar-refractivity contribution in [2.24, 2.45) is 12.8 Å². The lowest BCUT2D eigenvalue weighted by atomic mass is 10.2. The van der Waals surface area contributed by atoms with E-state index in [0.29, 0.717) is 17.9 Å². The second kappa shape index (κ2) is 5.31. The van der Waals surface area contributed by atoms with Crippen LogP contribution in [0.25, 0.3) is 0 Å². The Morgan fingerprint density at radius 1 is 1.56 bits per heavy atom. The molecule has 18 heavy (non-hydrogen) atoms. The molecule has 2 aromatic rings. The smallest absolute Gasteiger partial charge is 0.252 e. The maximum atomic E-state index is 11.2. The Balaban J connectivity index is 1.96. The van der Waals surface area contributed by atoms with Crippen molar-refractivity contribution >= 4 is 11.7 Å². The van der Waals surface area contributed by atoms with Crippen LogP contribution in [-0.4, -0.2) is 27.2 Å². The summed E-state index contributed by atoms with van der Waals surface area (Å²) in [5.74, 6) is 0.0425. The summed E-state index contributed by atoms with van der Waals surface area (Å²) < 4.78 is 1.75. The van der Waals surface area contributed by atoms with E-state index in [1.165, 1.54) is 0 Å². The first-order valence-electron chi connectivity index (χ1n) is 5.63. The third kappa shape index (κ3) is 2.85. The lowest BCUT2D eigenvalue weighted by Crippen LogP contribution is -2.16. The molecule has 6 nitrogen and oxygen atoms in total. The fourth-order valence-electron chi connectivity index (χ4n) is 1.67. The second-order valence-electron chi connectivity index (χ2n) is 3.96. The molecule has 0 saturated carbocycles. The first kappa shape index (κ1) is 12.1. The first-order valence-corrected chi connectivity index (χ1v) is 5.63. The van der Waals surface area contributed by atoms with Gasteiger partial charge in [-0.05, 0) is 24.1 Å². The van der Waals surface area contributed by atoms with Crippen molar-refractivity contribution in [2.45, 2.75) is 6.42 Å². The van der Waals surface area contributed by atoms with Gasteiger partial charge < -0.3 is 11.1 Å². The highest BCUT2D eigenvalue weighted by molar-refractivity contribution is 5.97. The van der Waals surface area contributed by atoms with E-state index in [1.54, 1.807) is 23.0 Å². The number of primary amides is 1. The van der Waals surface area contributed by atoms with Crippen molar-refractivity contribution in [2.75, 3.05) is 11.9 Å². The number of carbonyl (C=O) groups excluding carboxylic acids is 1. The van der Waals surface area contributed by atoms with Gasteiger partial charge in [0.05, 0.1) is 11.8 Å². The summed E-state index contributed by atoms with van der Waals surface area (Å²) >= 11 is 0. The van der Waals surface area contributed by atoms with E-state index in [0.717, 1.165) is 12.0 Å². The molecule has 0 bridgehead atoms. The van der Waals surface area contributed by atoms with Gasteiger partial charge in [0.15, 0.2) is 0 Å². The van der Waals surface area contributed by atoms with E-state index in [1.807, 2.05) is 19.4 Å². The zero-order valence-electron chi connectivity index (χ0n) is 10.1. The third-order valence-electron chi connectivity index (χ3n) is 2.54. The summed E-state index contributed by atoms with van der Waals surface area (Å²) in [6, 6.07) is 3.34. The highest BCUT2D eigenvalue weighted by atomic mass is 16.1. The zero-order chi connectivity index (χ0) is 13.0. The van der Waals surface area contributed by atoms with Crippen molar-refractivity contribution in [3.05, 3.63) is 41.9 Å². The highest BCUT2D eigenvalue weighted by Gasteiger charge is 2.07. The minimum atomic E-state index is -0.480. The Morgan fingerprint density at radius 3 is 3.06 bits per heavy atom. The average molecular weight is 245 g/mol. The SMILES string of the molecule is Cn1cc(CCNc2ncccc2C(N)=O)cn1. The van der Waals surface area contributed by atoms with Crippen LogP contribution in [0.2, 0.25) is 0 Å². The fraction of sp³-hybridized carbons (Fsp3) is 0.250. The Bertz CT molecular complexity index is 549. The van der Waals surface area contributed by atoms with Crippen molar-refractivity contribution < 1.29 is 4.79 Å². The molecule has 0 saturated heterocycles. The number of carbonyl (C=O) groups is 1. The van der Waals surface area contributed by atoms with E-state index < -0.39 is 5.91 Å². The minimum Gasteiger partial charge on any atom is -0.369 e. The largest absolute Gasteiger partial charge is 0.369 e. The van der Waals surface area contributed by atoms with Crippen LogP contribution in [0.1, 0.15) is 15.9 Å². The van der Waals surface area contributed by atoms with E-state index in [-0.39, 0.29) is 0 Å². The molecule has 0 aliphatic rings. The minimum absolute atomic E-state index is 0.406. The third-order valence-corrected chi connectivity index (χ3v) is 2.54. The monoisotopic (exact) mass is 245 g/mol. The van der Waals surface area contributed by atoms with Crippen molar-refractivity contribution in [3.8, 4) is 0 Å². The number of nitrogens with zero attached hydrogens (tertiary/aromatic N) is 3. The number of hydrogen-bond acceptors (Lipinski definition) is 4. The van der Waals surface area contributed by atoms with Crippen LogP contribution in [-0.2, 0) is 13.5 Å². The molecule has 0 aromatic carbocycles. The van der Waals surface area contributed by atoms with Crippen LogP contribution < -0.4 is 11.1 Å². The highest BCUT2D eigenvalue weighted by Crippen LogP contribution is 2.10. The van der Waals surface area contributed by atoms with Crippen molar-refractivity contribution in [3.63, 3.8) is 0 Å². The van der Waals surface area contributed by atoms with Crippen LogP contribution in [0.15, 0.2) is 30.7 Å². The molecule has 3 N–H and O–H groups in total. The summed E-state index contributed by atoms with van der Waals surface area (Å²) in [5.41, 5.74) is 6.80. The topological polar surface area (TPSA) is 85.8 Å². The molecule has 0 spiro atoms. The Kier molecular flexibility index (Phi) is 3.57. The number of nitrogens with two attached hydrogens (primary N) is 1. The van der Waals surface area contributed by atoms with Crippen LogP contribution in [0.4, 0.5) is 5.82 Å². The number of pyridine rings is 1. The number of aryl methyl sites for hydroxylation is 1. The molecule has 94 valence electrons. The molecule has 0 aliphatic heterocycles. The molecule has 0 unspecified atom stereocenters. The van der Waals surface area contributed by atoms with Gasteiger partial charge in [-0.15, -0.1) is 0 Å². The number of nitrogens with one attached hydrogen (secondary N) is 1. The molecule has 2 rings (SSSR count). The molecule has 6 heteroatoms. The Hall–Kier alpha value is -2.37. The predicted molar refractivity (Wildman–Crippen MR) is 68.2 cm³/mol. The predicted octanol–water partition coefficient (Wildman–Crippen LogP) is 0.569. The summed E-state index contributed by atoms with van der Waals surface area (Å²) in [6.45, 7) is 0.670. The molecule has 2 heterocycles. The van der Waals surface area contributed by atoms with Gasteiger partial charge in [0.2, 0.25) is 0 Å². The van der Waals surface area contributed by atoms with Gasteiger partial charge in [-0.3, -0.25) is 9.48 Å². The number of amides is 1. The average Bonchev–Trinajstić information content (AvgIpc) is 2.75. The molecule has 0 aliphatic carbocycles. The van der Waals surface area contributed by atoms with E-state index in [4.69, 9.17) is 5.73 Å². The van der Waals surface area contributed by atoms with Crippen LogP contribution in [0.3, 0.4) is 0 Å². The summed E-state index contributed by atoms with van der Waals surface area (Å²) in [6.07, 6.45) is 6.20. The number of rotatable bonds is 5. The lowest BCUT2D eigenvalue weighted by Gasteiger charge is -2.07. The molecule has 0 atom stereocenters. The molecule has 2 aromatic heterocycles. The van der Waals surface area contributed by atoms with E-state index in [9.17, 15) is 4.79 Å². The van der Waals surface area contributed by atoms with E-state index >= 15 is 0 Å². The summed E-state index contributed by atoms with van der Waals surface area (Å²) in [5, 5.41) is 7.19. The molecule has 0 fully saturated rings. The fourth-order valence-corrected chi connectivity index (χ4v) is 1.67. The molecule has 0 radical (unpaired) electrons. The second-order valence-corrected chi connectivity index (χ2v) is 3.96. The quantitative estimate of drug-likeness (QED) is 0.806. The molecular weight excluding hydrogens is 230 g/mol. The maximum Gasteiger partial charge on any atom is 0.252 e. The van der Waals surface area contributed by atoms with Gasteiger partial charge in [0.1, 0.15) is 5.82 Å². The van der Waals surface area contributed by atoms with Gasteiger partial charge >= 0.3 is 0 Å². The maximum absolute atomic E-state index is 11.2. The lowest BCUT2D eigenvalue weighted by molar-refractivity contribution is 0.100. The van der Waals surface area contributed by atoms with Crippen LogP contribution in [0.5, 0.6) is 0 Å². The number of hydrogen-bond donors (Lipinski definition) is 2. The van der Waals surface area contributed by atoms with Gasteiger partial charge in [-0.2, -0.15) is 5.10 Å². The van der Waals surface area contributed by atoms with Crippen molar-refractivity contribution in [1.82, 2.24) is 14.8 Å². The van der Waals surface area contributed by atoms with Crippen LogP contribution >= 0.6 is 0 Å². The summed E-state index contributed by atoms with van der Waals surface area (Å²) in [7, 11) is 1.88. The zero-order valence-corrected chi connectivity index (χ0v) is 10.1.